The van der Waals surface area contributed by atoms with Gasteiger partial charge in [-0.1, -0.05) is 11.6 Å². The van der Waals surface area contributed by atoms with Crippen molar-refractivity contribution in [3.8, 4) is 0 Å². The average molecular weight is 261 g/mol. The van der Waals surface area contributed by atoms with Crippen molar-refractivity contribution >= 4 is 39.0 Å². The van der Waals surface area contributed by atoms with Crippen LogP contribution in [0.1, 0.15) is 16.8 Å². The van der Waals surface area contributed by atoms with E-state index < -0.39 is 0 Å². The molecule has 0 saturated carbocycles. The molecule has 0 spiro atoms. The lowest BCUT2D eigenvalue weighted by molar-refractivity contribution is 0.0983. The summed E-state index contributed by atoms with van der Waals surface area (Å²) in [6.45, 7) is 0.698. The fourth-order valence-electron chi connectivity index (χ4n) is 1.37. The maximum absolute atomic E-state index is 11.4. The molecule has 0 amide bonds. The number of ketones is 1. The Morgan fingerprint density at radius 1 is 1.46 bits per heavy atom. The minimum absolute atomic E-state index is 0.172. The average Bonchev–Trinajstić information content (AvgIpc) is 2.09. The molecule has 1 aliphatic rings. The molecular formula is C9H7BrClNO. The van der Waals surface area contributed by atoms with Gasteiger partial charge in [0, 0.05) is 28.7 Å². The molecule has 2 nitrogen and oxygen atoms in total. The van der Waals surface area contributed by atoms with Crippen molar-refractivity contribution < 1.29 is 4.79 Å². The molecule has 0 radical (unpaired) electrons. The Bertz CT molecular complexity index is 378. The van der Waals surface area contributed by atoms with E-state index in [2.05, 4.69) is 21.2 Å². The standard InChI is InChI=1S/C9H7BrClNO/c10-6-3-5-8(4-7(6)11)12-2-1-9(5)13/h3-4,12H,1-2H2. The van der Waals surface area contributed by atoms with Crippen molar-refractivity contribution in [1.29, 1.82) is 0 Å². The maximum atomic E-state index is 11.4. The monoisotopic (exact) mass is 259 g/mol. The van der Waals surface area contributed by atoms with Crippen LogP contribution in [0.3, 0.4) is 0 Å². The first-order valence-electron chi connectivity index (χ1n) is 3.94. The van der Waals surface area contributed by atoms with Crippen molar-refractivity contribution in [2.24, 2.45) is 0 Å². The smallest absolute Gasteiger partial charge is 0.166 e. The fourth-order valence-corrected chi connectivity index (χ4v) is 1.88. The zero-order valence-electron chi connectivity index (χ0n) is 6.73. The van der Waals surface area contributed by atoms with Gasteiger partial charge in [0.1, 0.15) is 0 Å². The molecular weight excluding hydrogens is 253 g/mol. The predicted molar refractivity (Wildman–Crippen MR) is 56.6 cm³/mol. The van der Waals surface area contributed by atoms with E-state index in [4.69, 9.17) is 11.6 Å². The number of rotatable bonds is 0. The molecule has 2 rings (SSSR count). The lowest BCUT2D eigenvalue weighted by atomic mass is 10.0. The number of halogens is 2. The van der Waals surface area contributed by atoms with Crippen molar-refractivity contribution in [2.75, 3.05) is 11.9 Å². The van der Waals surface area contributed by atoms with Crippen LogP contribution < -0.4 is 5.32 Å². The van der Waals surface area contributed by atoms with Crippen LogP contribution in [-0.2, 0) is 0 Å². The summed E-state index contributed by atoms with van der Waals surface area (Å²) in [7, 11) is 0. The molecule has 0 aromatic heterocycles. The highest BCUT2D eigenvalue weighted by atomic mass is 79.9. The van der Waals surface area contributed by atoms with Gasteiger partial charge in [-0.25, -0.2) is 0 Å². The van der Waals surface area contributed by atoms with Crippen LogP contribution >= 0.6 is 27.5 Å². The summed E-state index contributed by atoms with van der Waals surface area (Å²) in [4.78, 5) is 11.4. The Morgan fingerprint density at radius 2 is 2.23 bits per heavy atom. The Labute approximate surface area is 89.4 Å². The Morgan fingerprint density at radius 3 is 3.00 bits per heavy atom. The molecule has 1 aromatic rings. The van der Waals surface area contributed by atoms with Gasteiger partial charge in [0.05, 0.1) is 5.02 Å². The minimum Gasteiger partial charge on any atom is -0.384 e. The summed E-state index contributed by atoms with van der Waals surface area (Å²) < 4.78 is 0.768. The van der Waals surface area contributed by atoms with Crippen LogP contribution in [0.15, 0.2) is 16.6 Å². The molecule has 1 N–H and O–H groups in total. The first kappa shape index (κ1) is 9.03. The van der Waals surface area contributed by atoms with E-state index in [1.807, 2.05) is 0 Å². The number of carbonyl (C=O) groups excluding carboxylic acids is 1. The molecule has 0 aliphatic carbocycles. The van der Waals surface area contributed by atoms with Gasteiger partial charge in [-0.15, -0.1) is 0 Å². The molecule has 0 fully saturated rings. The van der Waals surface area contributed by atoms with Gasteiger partial charge in [-0.2, -0.15) is 0 Å². The number of fused-ring (bicyclic) bond motifs is 1. The number of benzene rings is 1. The molecule has 13 heavy (non-hydrogen) atoms. The second-order valence-corrected chi connectivity index (χ2v) is 4.17. The summed E-state index contributed by atoms with van der Waals surface area (Å²) >= 11 is 9.19. The summed E-state index contributed by atoms with van der Waals surface area (Å²) in [6, 6.07) is 3.55. The van der Waals surface area contributed by atoms with Crippen LogP contribution in [0, 0.1) is 0 Å². The number of anilines is 1. The molecule has 0 bridgehead atoms. The van der Waals surface area contributed by atoms with Crippen LogP contribution in [0.5, 0.6) is 0 Å². The van der Waals surface area contributed by atoms with E-state index in [1.54, 1.807) is 12.1 Å². The fraction of sp³-hybridized carbons (Fsp3) is 0.222. The van der Waals surface area contributed by atoms with Crippen molar-refractivity contribution in [2.45, 2.75) is 6.42 Å². The zero-order valence-corrected chi connectivity index (χ0v) is 9.08. The van der Waals surface area contributed by atoms with E-state index in [0.29, 0.717) is 18.0 Å². The molecule has 0 saturated heterocycles. The van der Waals surface area contributed by atoms with Gasteiger partial charge < -0.3 is 5.32 Å². The molecule has 68 valence electrons. The first-order valence-corrected chi connectivity index (χ1v) is 5.11. The lowest BCUT2D eigenvalue weighted by Gasteiger charge is -2.17. The van der Waals surface area contributed by atoms with Crippen molar-refractivity contribution in [3.05, 3.63) is 27.2 Å². The summed E-state index contributed by atoms with van der Waals surface area (Å²) in [5.41, 5.74) is 1.56. The van der Waals surface area contributed by atoms with Gasteiger partial charge in [-0.3, -0.25) is 4.79 Å². The second-order valence-electron chi connectivity index (χ2n) is 2.91. The normalized spacial score (nSPS) is 15.1. The van der Waals surface area contributed by atoms with E-state index >= 15 is 0 Å². The van der Waals surface area contributed by atoms with E-state index in [-0.39, 0.29) is 5.78 Å². The van der Waals surface area contributed by atoms with Gasteiger partial charge >= 0.3 is 0 Å². The van der Waals surface area contributed by atoms with Crippen LogP contribution in [0.25, 0.3) is 0 Å². The highest BCUT2D eigenvalue weighted by Gasteiger charge is 2.17. The topological polar surface area (TPSA) is 29.1 Å². The van der Waals surface area contributed by atoms with E-state index in [0.717, 1.165) is 15.7 Å². The van der Waals surface area contributed by atoms with E-state index in [1.165, 1.54) is 0 Å². The highest BCUT2D eigenvalue weighted by molar-refractivity contribution is 9.10. The zero-order chi connectivity index (χ0) is 9.42. The Balaban J connectivity index is 2.58. The van der Waals surface area contributed by atoms with Gasteiger partial charge in [-0.05, 0) is 28.1 Å². The third-order valence-electron chi connectivity index (χ3n) is 2.03. The molecule has 0 unspecified atom stereocenters. The third kappa shape index (κ3) is 1.58. The lowest BCUT2D eigenvalue weighted by Crippen LogP contribution is -2.17. The molecule has 4 heteroatoms. The minimum atomic E-state index is 0.172. The van der Waals surface area contributed by atoms with Crippen LogP contribution in [0.2, 0.25) is 5.02 Å². The first-order chi connectivity index (χ1) is 6.18. The predicted octanol–water partition coefficient (Wildman–Crippen LogP) is 3.10. The van der Waals surface area contributed by atoms with Gasteiger partial charge in [0.15, 0.2) is 5.78 Å². The quantitative estimate of drug-likeness (QED) is 0.776. The number of hydrogen-bond acceptors (Lipinski definition) is 2. The van der Waals surface area contributed by atoms with Gasteiger partial charge in [0.25, 0.3) is 0 Å². The number of carbonyl (C=O) groups is 1. The Hall–Kier alpha value is -0.540. The summed E-state index contributed by atoms with van der Waals surface area (Å²) in [5, 5.41) is 3.76. The maximum Gasteiger partial charge on any atom is 0.166 e. The second kappa shape index (κ2) is 3.31. The molecule has 1 aliphatic heterocycles. The van der Waals surface area contributed by atoms with Gasteiger partial charge in [0.2, 0.25) is 0 Å². The largest absolute Gasteiger partial charge is 0.384 e. The van der Waals surface area contributed by atoms with Crippen molar-refractivity contribution in [1.82, 2.24) is 0 Å². The molecule has 1 aromatic carbocycles. The number of Topliss-reactive ketones (excluding diaryl/α,β-unsaturated/α-hetero) is 1. The third-order valence-corrected chi connectivity index (χ3v) is 3.23. The van der Waals surface area contributed by atoms with Crippen LogP contribution in [0.4, 0.5) is 5.69 Å². The number of nitrogens with one attached hydrogen (secondary N) is 1. The molecule has 0 atom stereocenters. The summed E-state index contributed by atoms with van der Waals surface area (Å²) in [5.74, 6) is 0.172. The SMILES string of the molecule is O=C1CCNc2cc(Cl)c(Br)cc21. The highest BCUT2D eigenvalue weighted by Crippen LogP contribution is 2.31. The van der Waals surface area contributed by atoms with Crippen molar-refractivity contribution in [3.63, 3.8) is 0 Å². The summed E-state index contributed by atoms with van der Waals surface area (Å²) in [6.07, 6.45) is 0.557. The Kier molecular flexibility index (Phi) is 2.30. The van der Waals surface area contributed by atoms with E-state index in [9.17, 15) is 4.79 Å². The number of hydrogen-bond donors (Lipinski definition) is 1. The molecule has 1 heterocycles. The van der Waals surface area contributed by atoms with Crippen LogP contribution in [-0.4, -0.2) is 12.3 Å².